The minimum absolute atomic E-state index is 0.281. The van der Waals surface area contributed by atoms with E-state index in [2.05, 4.69) is 10.2 Å². The number of nitrogen functional groups attached to an aromatic ring is 1. The lowest BCUT2D eigenvalue weighted by Crippen LogP contribution is -2.31. The van der Waals surface area contributed by atoms with Gasteiger partial charge in [-0.2, -0.15) is 9.90 Å². The van der Waals surface area contributed by atoms with E-state index in [0.29, 0.717) is 12.4 Å². The fourth-order valence-corrected chi connectivity index (χ4v) is 0.796. The van der Waals surface area contributed by atoms with Gasteiger partial charge in [-0.1, -0.05) is 0 Å². The summed E-state index contributed by atoms with van der Waals surface area (Å²) in [5, 5.41) is 16.0. The molecule has 0 aliphatic rings. The van der Waals surface area contributed by atoms with E-state index in [9.17, 15) is 4.79 Å². The summed E-state index contributed by atoms with van der Waals surface area (Å²) in [5.74, 6) is -0.718. The minimum Gasteiger partial charge on any atom is -0.480 e. The van der Waals surface area contributed by atoms with Crippen molar-refractivity contribution in [2.24, 2.45) is 5.73 Å². The van der Waals surface area contributed by atoms with Crippen LogP contribution in [0.1, 0.15) is 6.42 Å². The van der Waals surface area contributed by atoms with Gasteiger partial charge in [-0.25, -0.2) is 0 Å². The molecule has 0 radical (unpaired) electrons. The molecule has 0 aromatic carbocycles. The number of aliphatic carboxylic acids is 1. The Morgan fingerprint density at radius 1 is 1.77 bits per heavy atom. The Labute approximate surface area is 74.3 Å². The summed E-state index contributed by atoms with van der Waals surface area (Å²) in [7, 11) is 0. The molecule has 5 N–H and O–H groups in total. The molecule has 0 amide bonds. The van der Waals surface area contributed by atoms with E-state index in [1.807, 2.05) is 0 Å². The quantitative estimate of drug-likeness (QED) is 0.534. The number of nitrogens with zero attached hydrogens (tertiary/aromatic N) is 3. The van der Waals surface area contributed by atoms with Crippen molar-refractivity contribution < 1.29 is 9.90 Å². The van der Waals surface area contributed by atoms with Gasteiger partial charge in [0, 0.05) is 0 Å². The molecule has 0 saturated heterocycles. The van der Waals surface area contributed by atoms with Crippen molar-refractivity contribution in [3.8, 4) is 0 Å². The van der Waals surface area contributed by atoms with Crippen molar-refractivity contribution in [1.29, 1.82) is 0 Å². The van der Waals surface area contributed by atoms with E-state index in [1.165, 1.54) is 11.0 Å². The SMILES string of the molecule is Nc1cnn(CCC(N)C(=O)O)n1. The molecular formula is C6H11N5O2. The van der Waals surface area contributed by atoms with Crippen LogP contribution in [-0.4, -0.2) is 32.1 Å². The number of carboxylic acid groups (broad SMARTS) is 1. The van der Waals surface area contributed by atoms with Crippen LogP contribution in [0.15, 0.2) is 6.20 Å². The van der Waals surface area contributed by atoms with E-state index in [-0.39, 0.29) is 6.42 Å². The molecule has 7 nitrogen and oxygen atoms in total. The first kappa shape index (κ1) is 9.46. The summed E-state index contributed by atoms with van der Waals surface area (Å²) in [6.07, 6.45) is 1.68. The maximum absolute atomic E-state index is 10.3. The van der Waals surface area contributed by atoms with Crippen molar-refractivity contribution in [2.75, 3.05) is 5.73 Å². The predicted molar refractivity (Wildman–Crippen MR) is 44.7 cm³/mol. The second kappa shape index (κ2) is 3.85. The summed E-state index contributed by atoms with van der Waals surface area (Å²) < 4.78 is 0. The van der Waals surface area contributed by atoms with E-state index < -0.39 is 12.0 Å². The van der Waals surface area contributed by atoms with Crippen molar-refractivity contribution in [3.05, 3.63) is 6.20 Å². The van der Waals surface area contributed by atoms with Gasteiger partial charge >= 0.3 is 5.97 Å². The fraction of sp³-hybridized carbons (Fsp3) is 0.500. The van der Waals surface area contributed by atoms with E-state index in [0.717, 1.165) is 0 Å². The van der Waals surface area contributed by atoms with Crippen molar-refractivity contribution in [3.63, 3.8) is 0 Å². The lowest BCUT2D eigenvalue weighted by molar-refractivity contribution is -0.138. The van der Waals surface area contributed by atoms with Crippen LogP contribution in [0.3, 0.4) is 0 Å². The second-order valence-electron chi connectivity index (χ2n) is 2.60. The highest BCUT2D eigenvalue weighted by Gasteiger charge is 2.11. The zero-order valence-corrected chi connectivity index (χ0v) is 6.92. The molecule has 0 aliphatic heterocycles. The Morgan fingerprint density at radius 3 is 2.92 bits per heavy atom. The molecule has 1 heterocycles. The van der Waals surface area contributed by atoms with E-state index in [4.69, 9.17) is 16.6 Å². The Bertz CT molecular complexity index is 297. The number of aryl methyl sites for hydroxylation is 1. The van der Waals surface area contributed by atoms with Gasteiger partial charge in [-0.05, 0) is 6.42 Å². The third-order valence-electron chi connectivity index (χ3n) is 1.51. The Hall–Kier alpha value is -1.63. The molecule has 1 unspecified atom stereocenters. The van der Waals surface area contributed by atoms with Crippen LogP contribution in [-0.2, 0) is 11.3 Å². The summed E-state index contributed by atoms with van der Waals surface area (Å²) >= 11 is 0. The number of carboxylic acids is 1. The molecule has 1 atom stereocenters. The first-order valence-corrected chi connectivity index (χ1v) is 3.73. The highest BCUT2D eigenvalue weighted by Crippen LogP contribution is 1.95. The first-order chi connectivity index (χ1) is 6.09. The van der Waals surface area contributed by atoms with Gasteiger partial charge in [-0.15, -0.1) is 5.10 Å². The van der Waals surface area contributed by atoms with Gasteiger partial charge in [0.15, 0.2) is 5.82 Å². The van der Waals surface area contributed by atoms with Crippen molar-refractivity contribution in [2.45, 2.75) is 19.0 Å². The molecule has 1 rings (SSSR count). The standard InChI is InChI=1S/C6H11N5O2/c7-4(6(12)13)1-2-11-9-3-5(8)10-11/h3-4H,1-2,7H2,(H2,8,10)(H,12,13). The Kier molecular flexibility index (Phi) is 2.80. The fourth-order valence-electron chi connectivity index (χ4n) is 0.796. The molecule has 7 heteroatoms. The zero-order chi connectivity index (χ0) is 9.84. The summed E-state index contributed by atoms with van der Waals surface area (Å²) in [6, 6.07) is -0.882. The lowest BCUT2D eigenvalue weighted by Gasteiger charge is -2.04. The van der Waals surface area contributed by atoms with Gasteiger partial charge in [0.1, 0.15) is 6.04 Å². The van der Waals surface area contributed by atoms with Crippen LogP contribution in [0.5, 0.6) is 0 Å². The Balaban J connectivity index is 2.39. The molecule has 0 bridgehead atoms. The molecule has 0 fully saturated rings. The van der Waals surface area contributed by atoms with Gasteiger partial charge in [0.25, 0.3) is 0 Å². The van der Waals surface area contributed by atoms with Crippen LogP contribution in [0.25, 0.3) is 0 Å². The second-order valence-corrected chi connectivity index (χ2v) is 2.60. The maximum atomic E-state index is 10.3. The van der Waals surface area contributed by atoms with Gasteiger partial charge < -0.3 is 16.6 Å². The molecule has 72 valence electrons. The zero-order valence-electron chi connectivity index (χ0n) is 6.92. The maximum Gasteiger partial charge on any atom is 0.320 e. The number of aromatic nitrogens is 3. The number of hydrogen-bond donors (Lipinski definition) is 3. The van der Waals surface area contributed by atoms with E-state index in [1.54, 1.807) is 0 Å². The average Bonchev–Trinajstić information content (AvgIpc) is 2.47. The van der Waals surface area contributed by atoms with Gasteiger partial charge in [-0.3, -0.25) is 4.79 Å². The average molecular weight is 185 g/mol. The number of rotatable bonds is 4. The molecule has 0 aliphatic carbocycles. The van der Waals surface area contributed by atoms with Crippen LogP contribution in [0, 0.1) is 0 Å². The smallest absolute Gasteiger partial charge is 0.320 e. The largest absolute Gasteiger partial charge is 0.480 e. The van der Waals surface area contributed by atoms with Gasteiger partial charge in [0.2, 0.25) is 0 Å². The topological polar surface area (TPSA) is 120 Å². The summed E-state index contributed by atoms with van der Waals surface area (Å²) in [4.78, 5) is 11.6. The molecule has 13 heavy (non-hydrogen) atoms. The number of nitrogens with two attached hydrogens (primary N) is 2. The molecule has 0 saturated carbocycles. The summed E-state index contributed by atoms with van der Waals surface area (Å²) in [6.45, 7) is 0.352. The highest BCUT2D eigenvalue weighted by atomic mass is 16.4. The molecule has 0 spiro atoms. The third kappa shape index (κ3) is 2.71. The van der Waals surface area contributed by atoms with E-state index >= 15 is 0 Å². The van der Waals surface area contributed by atoms with Crippen molar-refractivity contribution in [1.82, 2.24) is 15.0 Å². The van der Waals surface area contributed by atoms with Crippen molar-refractivity contribution >= 4 is 11.8 Å². The van der Waals surface area contributed by atoms with Crippen LogP contribution in [0.4, 0.5) is 5.82 Å². The lowest BCUT2D eigenvalue weighted by atomic mass is 10.2. The third-order valence-corrected chi connectivity index (χ3v) is 1.51. The first-order valence-electron chi connectivity index (χ1n) is 3.73. The monoisotopic (exact) mass is 185 g/mol. The van der Waals surface area contributed by atoms with Crippen LogP contribution < -0.4 is 11.5 Å². The normalized spacial score (nSPS) is 12.7. The highest BCUT2D eigenvalue weighted by molar-refractivity contribution is 5.72. The molecule has 1 aromatic rings. The Morgan fingerprint density at radius 2 is 2.46 bits per heavy atom. The molecule has 1 aromatic heterocycles. The molecular weight excluding hydrogens is 174 g/mol. The number of carbonyl (C=O) groups is 1. The summed E-state index contributed by atoms with van der Waals surface area (Å²) in [5.41, 5.74) is 10.6. The number of hydrogen-bond acceptors (Lipinski definition) is 5. The van der Waals surface area contributed by atoms with Crippen LogP contribution in [0.2, 0.25) is 0 Å². The van der Waals surface area contributed by atoms with Gasteiger partial charge in [0.05, 0.1) is 12.7 Å². The predicted octanol–water partition coefficient (Wildman–Crippen LogP) is -1.34. The van der Waals surface area contributed by atoms with Crippen LogP contribution >= 0.6 is 0 Å². The minimum atomic E-state index is -1.03. The number of anilines is 1.